The molecule has 0 bridgehead atoms. The van der Waals surface area contributed by atoms with Gasteiger partial charge in [0.2, 0.25) is 0 Å². The molecule has 1 amide bonds. The minimum atomic E-state index is -1.24. The zero-order valence-electron chi connectivity index (χ0n) is 16.2. The van der Waals surface area contributed by atoms with Crippen molar-refractivity contribution in [2.45, 2.75) is 55.9 Å². The Labute approximate surface area is 171 Å². The van der Waals surface area contributed by atoms with Gasteiger partial charge in [0.05, 0.1) is 19.0 Å². The quantitative estimate of drug-likeness (QED) is 0.483. The van der Waals surface area contributed by atoms with Crippen molar-refractivity contribution in [2.24, 2.45) is 0 Å². The van der Waals surface area contributed by atoms with Crippen molar-refractivity contribution in [3.05, 3.63) is 12.7 Å². The van der Waals surface area contributed by atoms with E-state index in [1.807, 2.05) is 0 Å². The molecular weight excluding hydrogens is 396 g/mol. The fourth-order valence-corrected chi connectivity index (χ4v) is 3.68. The van der Waals surface area contributed by atoms with E-state index in [2.05, 4.69) is 25.6 Å². The normalized spacial score (nSPS) is 31.2. The average Bonchev–Trinajstić information content (AvgIpc) is 3.12. The number of fused-ring (bicyclic) bond motifs is 1. The zero-order chi connectivity index (χ0) is 20.7. The molecule has 0 radical (unpaired) electrons. The molecule has 30 heavy (non-hydrogen) atoms. The topological polar surface area (TPSA) is 153 Å². The molecule has 5 atom stereocenters. The number of ether oxygens (including phenoxy) is 3. The summed E-state index contributed by atoms with van der Waals surface area (Å²) in [5.74, 6) is 0.568. The fourth-order valence-electron chi connectivity index (χ4n) is 3.68. The number of aliphatic hydroxyl groups is 2. The molecular formula is C18H24N6O6. The number of aliphatic hydroxyl groups excluding tert-OH is 2. The molecule has 162 valence electrons. The van der Waals surface area contributed by atoms with Crippen LogP contribution >= 0.6 is 0 Å². The third-order valence-electron chi connectivity index (χ3n) is 5.52. The van der Waals surface area contributed by atoms with Crippen LogP contribution in [0, 0.1) is 0 Å². The number of nitrogens with one attached hydrogen (secondary N) is 2. The minimum absolute atomic E-state index is 0.145. The summed E-state index contributed by atoms with van der Waals surface area (Å²) in [7, 11) is 0. The van der Waals surface area contributed by atoms with Crippen LogP contribution in [0.1, 0.15) is 25.5 Å². The molecule has 1 saturated carbocycles. The van der Waals surface area contributed by atoms with Crippen LogP contribution in [0.4, 0.5) is 10.6 Å². The number of anilines is 1. The number of aromatic nitrogens is 4. The van der Waals surface area contributed by atoms with Crippen LogP contribution in [0.25, 0.3) is 11.2 Å². The summed E-state index contributed by atoms with van der Waals surface area (Å²) in [6.07, 6.45) is 0.825. The van der Waals surface area contributed by atoms with Gasteiger partial charge in [-0.3, -0.25) is 4.57 Å². The third kappa shape index (κ3) is 3.78. The Balaban J connectivity index is 1.30. The molecule has 4 heterocycles. The van der Waals surface area contributed by atoms with Crippen LogP contribution in [0.3, 0.4) is 0 Å². The van der Waals surface area contributed by atoms with Gasteiger partial charge in [-0.1, -0.05) is 0 Å². The zero-order valence-corrected chi connectivity index (χ0v) is 16.2. The minimum Gasteiger partial charge on any atom is -0.447 e. The van der Waals surface area contributed by atoms with Crippen molar-refractivity contribution in [3.8, 4) is 0 Å². The van der Waals surface area contributed by atoms with E-state index in [0.717, 1.165) is 19.3 Å². The first-order valence-electron chi connectivity index (χ1n) is 10.1. The van der Waals surface area contributed by atoms with Crippen LogP contribution in [-0.4, -0.2) is 86.0 Å². The summed E-state index contributed by atoms with van der Waals surface area (Å²) in [6.45, 7) is 1.12. The Morgan fingerprint density at radius 1 is 1.20 bits per heavy atom. The number of hydrogen-bond donors (Lipinski definition) is 4. The molecule has 2 aromatic heterocycles. The first-order chi connectivity index (χ1) is 14.6. The summed E-state index contributed by atoms with van der Waals surface area (Å²) in [6, 6.07) is 0.313. The summed E-state index contributed by atoms with van der Waals surface area (Å²) in [5, 5.41) is 26.9. The fraction of sp³-hybridized carbons (Fsp3) is 0.667. The van der Waals surface area contributed by atoms with Crippen LogP contribution in [0.5, 0.6) is 0 Å². The molecule has 2 aliphatic heterocycles. The van der Waals surface area contributed by atoms with Gasteiger partial charge in [-0.15, -0.1) is 0 Å². The van der Waals surface area contributed by atoms with Crippen molar-refractivity contribution in [1.29, 1.82) is 0 Å². The summed E-state index contributed by atoms with van der Waals surface area (Å²) in [4.78, 5) is 24.6. The van der Waals surface area contributed by atoms with Gasteiger partial charge >= 0.3 is 6.09 Å². The lowest BCUT2D eigenvalue weighted by atomic mass is 10.1. The lowest BCUT2D eigenvalue weighted by molar-refractivity contribution is -0.0533. The largest absolute Gasteiger partial charge is 0.447 e. The Bertz CT molecular complexity index is 914. The maximum Gasteiger partial charge on any atom is 0.407 e. The van der Waals surface area contributed by atoms with Crippen LogP contribution in [0.15, 0.2) is 12.7 Å². The van der Waals surface area contributed by atoms with Crippen LogP contribution < -0.4 is 10.6 Å². The van der Waals surface area contributed by atoms with E-state index in [0.29, 0.717) is 30.2 Å². The van der Waals surface area contributed by atoms with Gasteiger partial charge in [0, 0.05) is 12.6 Å². The van der Waals surface area contributed by atoms with Gasteiger partial charge in [-0.05, 0) is 19.3 Å². The van der Waals surface area contributed by atoms with Crippen LogP contribution in [-0.2, 0) is 14.2 Å². The van der Waals surface area contributed by atoms with E-state index in [-0.39, 0.29) is 18.7 Å². The molecule has 3 fully saturated rings. The number of nitrogens with zero attached hydrogens (tertiary/aromatic N) is 4. The van der Waals surface area contributed by atoms with E-state index < -0.39 is 30.6 Å². The maximum absolute atomic E-state index is 11.7. The molecule has 12 nitrogen and oxygen atoms in total. The molecule has 2 aromatic rings. The number of alkyl carbamates (subject to hydrolysis) is 1. The number of amides is 1. The Morgan fingerprint density at radius 3 is 2.83 bits per heavy atom. The van der Waals surface area contributed by atoms with Crippen LogP contribution in [0.2, 0.25) is 0 Å². The van der Waals surface area contributed by atoms with Crippen molar-refractivity contribution < 1.29 is 29.2 Å². The Hall–Kier alpha value is -2.54. The third-order valence-corrected chi connectivity index (χ3v) is 5.52. The summed E-state index contributed by atoms with van der Waals surface area (Å²) in [5.41, 5.74) is 0.980. The predicted octanol–water partition coefficient (Wildman–Crippen LogP) is -0.465. The molecule has 0 aromatic carbocycles. The van der Waals surface area contributed by atoms with Crippen molar-refractivity contribution in [2.75, 3.05) is 25.1 Å². The monoisotopic (exact) mass is 420 g/mol. The maximum atomic E-state index is 11.7. The number of imidazole rings is 1. The van der Waals surface area contributed by atoms with E-state index in [1.165, 1.54) is 12.7 Å². The smallest absolute Gasteiger partial charge is 0.407 e. The first-order valence-corrected chi connectivity index (χ1v) is 10.1. The SMILES string of the molecule is O=C(NC1CC1)OC[C@H]1OC(n2cnc3c(NC4CCOC4)ncnc32)[C@H](O)[C@@H]1O. The number of hydrogen-bond acceptors (Lipinski definition) is 10. The molecule has 4 N–H and O–H groups in total. The van der Waals surface area contributed by atoms with Crippen molar-refractivity contribution in [1.82, 2.24) is 24.8 Å². The molecule has 5 rings (SSSR count). The van der Waals surface area contributed by atoms with E-state index in [4.69, 9.17) is 14.2 Å². The standard InChI is InChI=1S/C18H24N6O6/c25-13-11(6-29-18(27)23-9-1-2-9)30-17(14(13)26)24-8-21-12-15(19-7-20-16(12)24)22-10-3-4-28-5-10/h7-11,13-14,17,25-26H,1-6H2,(H,23,27)(H,19,20,22)/t10?,11-,13-,14-,17?/m1/s1. The molecule has 12 heteroatoms. The lowest BCUT2D eigenvalue weighted by Gasteiger charge is -2.17. The van der Waals surface area contributed by atoms with Crippen molar-refractivity contribution >= 4 is 23.1 Å². The highest BCUT2D eigenvalue weighted by atomic mass is 16.6. The lowest BCUT2D eigenvalue weighted by Crippen LogP contribution is -2.36. The van der Waals surface area contributed by atoms with E-state index in [1.54, 1.807) is 4.57 Å². The summed E-state index contributed by atoms with van der Waals surface area (Å²) < 4.78 is 17.8. The van der Waals surface area contributed by atoms with Gasteiger partial charge < -0.3 is 35.1 Å². The number of carbonyl (C=O) groups excluding carboxylic acids is 1. The second-order valence-electron chi connectivity index (χ2n) is 7.81. The highest BCUT2D eigenvalue weighted by Crippen LogP contribution is 2.32. The molecule has 0 spiro atoms. The van der Waals surface area contributed by atoms with E-state index >= 15 is 0 Å². The molecule has 3 aliphatic rings. The predicted molar refractivity (Wildman–Crippen MR) is 102 cm³/mol. The van der Waals surface area contributed by atoms with Gasteiger partial charge in [-0.25, -0.2) is 19.7 Å². The number of carbonyl (C=O) groups is 1. The molecule has 1 aliphatic carbocycles. The number of rotatable bonds is 6. The van der Waals surface area contributed by atoms with Gasteiger partial charge in [-0.2, -0.15) is 0 Å². The van der Waals surface area contributed by atoms with Crippen molar-refractivity contribution in [3.63, 3.8) is 0 Å². The Morgan fingerprint density at radius 2 is 2.07 bits per heavy atom. The molecule has 2 unspecified atom stereocenters. The highest BCUT2D eigenvalue weighted by Gasteiger charge is 2.45. The summed E-state index contributed by atoms with van der Waals surface area (Å²) >= 11 is 0. The van der Waals surface area contributed by atoms with Gasteiger partial charge in [0.25, 0.3) is 0 Å². The second-order valence-corrected chi connectivity index (χ2v) is 7.81. The average molecular weight is 420 g/mol. The second kappa shape index (κ2) is 7.95. The van der Waals surface area contributed by atoms with E-state index in [9.17, 15) is 15.0 Å². The van der Waals surface area contributed by atoms with Gasteiger partial charge in [0.1, 0.15) is 31.2 Å². The van der Waals surface area contributed by atoms with Gasteiger partial charge in [0.15, 0.2) is 23.2 Å². The molecule has 2 saturated heterocycles. The Kier molecular flexibility index (Phi) is 5.15. The highest BCUT2D eigenvalue weighted by molar-refractivity contribution is 5.82. The first kappa shape index (κ1) is 19.4.